The zero-order chi connectivity index (χ0) is 15.9. The number of carbonyl (C=O) groups is 2. The largest absolute Gasteiger partial charge is 0.497 e. The lowest BCUT2D eigenvalue weighted by atomic mass is 9.82. The Morgan fingerprint density at radius 1 is 1.29 bits per heavy atom. The number of aliphatic carboxylic acids is 1. The second-order valence-corrected chi connectivity index (χ2v) is 4.83. The fraction of sp³-hybridized carbons (Fsp3) is 0.467. The molecule has 1 aromatic rings. The van der Waals surface area contributed by atoms with Gasteiger partial charge in [-0.25, -0.2) is 4.79 Å². The van der Waals surface area contributed by atoms with E-state index in [1.54, 1.807) is 45.2 Å². The van der Waals surface area contributed by atoms with E-state index in [-0.39, 0.29) is 6.54 Å². The van der Waals surface area contributed by atoms with Gasteiger partial charge in [-0.15, -0.1) is 0 Å². The Bertz CT molecular complexity index is 498. The number of nitrogens with one attached hydrogen (secondary N) is 2. The van der Waals surface area contributed by atoms with E-state index in [0.717, 1.165) is 0 Å². The van der Waals surface area contributed by atoms with Crippen molar-refractivity contribution in [1.82, 2.24) is 5.32 Å². The van der Waals surface area contributed by atoms with Gasteiger partial charge in [0.05, 0.1) is 12.5 Å². The van der Waals surface area contributed by atoms with Crippen molar-refractivity contribution >= 4 is 17.7 Å². The van der Waals surface area contributed by atoms with E-state index >= 15 is 0 Å². The highest BCUT2D eigenvalue weighted by Crippen LogP contribution is 2.25. The van der Waals surface area contributed by atoms with Crippen LogP contribution in [-0.2, 0) is 4.79 Å². The zero-order valence-corrected chi connectivity index (χ0v) is 12.6. The number of rotatable bonds is 7. The fourth-order valence-electron chi connectivity index (χ4n) is 2.00. The Kier molecular flexibility index (Phi) is 6.02. The van der Waals surface area contributed by atoms with Gasteiger partial charge in [-0.2, -0.15) is 0 Å². The second kappa shape index (κ2) is 7.52. The number of carboxylic acids is 1. The van der Waals surface area contributed by atoms with Gasteiger partial charge in [-0.3, -0.25) is 4.79 Å². The molecular weight excluding hydrogens is 272 g/mol. The molecule has 0 fully saturated rings. The molecule has 0 saturated heterocycles. The number of urea groups is 1. The molecule has 1 rings (SSSR count). The van der Waals surface area contributed by atoms with Gasteiger partial charge < -0.3 is 20.5 Å². The van der Waals surface area contributed by atoms with E-state index in [1.807, 2.05) is 0 Å². The first-order chi connectivity index (χ1) is 9.97. The second-order valence-electron chi connectivity index (χ2n) is 4.83. The van der Waals surface area contributed by atoms with E-state index in [4.69, 9.17) is 4.74 Å². The Hall–Kier alpha value is -2.24. The van der Waals surface area contributed by atoms with Gasteiger partial charge in [-0.1, -0.05) is 19.9 Å². The quantitative estimate of drug-likeness (QED) is 0.721. The molecule has 6 nitrogen and oxygen atoms in total. The summed E-state index contributed by atoms with van der Waals surface area (Å²) >= 11 is 0. The van der Waals surface area contributed by atoms with Crippen molar-refractivity contribution in [3.63, 3.8) is 0 Å². The maximum absolute atomic E-state index is 11.9. The number of carboxylic acid groups (broad SMARTS) is 1. The minimum absolute atomic E-state index is 0.0884. The fourth-order valence-corrected chi connectivity index (χ4v) is 2.00. The van der Waals surface area contributed by atoms with Crippen molar-refractivity contribution in [3.8, 4) is 5.75 Å². The van der Waals surface area contributed by atoms with Gasteiger partial charge in [0.1, 0.15) is 5.75 Å². The van der Waals surface area contributed by atoms with Gasteiger partial charge in [0.15, 0.2) is 0 Å². The van der Waals surface area contributed by atoms with Crippen LogP contribution in [0.5, 0.6) is 5.75 Å². The van der Waals surface area contributed by atoms with Crippen molar-refractivity contribution in [3.05, 3.63) is 24.3 Å². The molecule has 21 heavy (non-hydrogen) atoms. The van der Waals surface area contributed by atoms with E-state index in [1.165, 1.54) is 0 Å². The molecule has 6 heteroatoms. The number of hydrogen-bond acceptors (Lipinski definition) is 3. The van der Waals surface area contributed by atoms with E-state index in [9.17, 15) is 14.7 Å². The van der Waals surface area contributed by atoms with Crippen molar-refractivity contribution in [2.75, 3.05) is 19.0 Å². The first kappa shape index (κ1) is 16.8. The molecule has 0 aliphatic carbocycles. The number of anilines is 1. The standard InChI is InChI=1S/C15H22N2O4/c1-4-15(5-2,13(18)19)10-16-14(20)17-11-7-6-8-12(9-11)21-3/h6-9H,4-5,10H2,1-3H3,(H,18,19)(H2,16,17,20). The summed E-state index contributed by atoms with van der Waals surface area (Å²) in [6, 6.07) is 6.51. The molecule has 116 valence electrons. The average Bonchev–Trinajstić information content (AvgIpc) is 2.48. The topological polar surface area (TPSA) is 87.7 Å². The maximum Gasteiger partial charge on any atom is 0.319 e. The molecule has 0 aliphatic rings. The van der Waals surface area contributed by atoms with Gasteiger partial charge in [0.2, 0.25) is 0 Å². The van der Waals surface area contributed by atoms with Crippen molar-refractivity contribution in [2.45, 2.75) is 26.7 Å². The SMILES string of the molecule is CCC(CC)(CNC(=O)Nc1cccc(OC)c1)C(=O)O. The van der Waals surface area contributed by atoms with Crippen molar-refractivity contribution < 1.29 is 19.4 Å². The van der Waals surface area contributed by atoms with Crippen LogP contribution in [-0.4, -0.2) is 30.8 Å². The number of carbonyl (C=O) groups excluding carboxylic acids is 1. The van der Waals surface area contributed by atoms with Crippen molar-refractivity contribution in [2.24, 2.45) is 5.41 Å². The summed E-state index contributed by atoms with van der Waals surface area (Å²) in [5.41, 5.74) is -0.341. The number of benzene rings is 1. The van der Waals surface area contributed by atoms with Crippen molar-refractivity contribution in [1.29, 1.82) is 0 Å². The minimum atomic E-state index is -0.925. The predicted molar refractivity (Wildman–Crippen MR) is 80.7 cm³/mol. The van der Waals surface area contributed by atoms with Crippen LogP contribution in [0, 0.1) is 5.41 Å². The predicted octanol–water partition coefficient (Wildman–Crippen LogP) is 2.71. The third-order valence-corrected chi connectivity index (χ3v) is 3.72. The minimum Gasteiger partial charge on any atom is -0.497 e. The number of ether oxygens (including phenoxy) is 1. The lowest BCUT2D eigenvalue weighted by Crippen LogP contribution is -2.43. The van der Waals surface area contributed by atoms with E-state index in [0.29, 0.717) is 24.3 Å². The van der Waals surface area contributed by atoms with Gasteiger partial charge >= 0.3 is 12.0 Å². The number of amides is 2. The van der Waals surface area contributed by atoms with Gasteiger partial charge in [0, 0.05) is 18.3 Å². The highest BCUT2D eigenvalue weighted by atomic mass is 16.5. The summed E-state index contributed by atoms with van der Waals surface area (Å²) in [7, 11) is 1.54. The van der Waals surface area contributed by atoms with Crippen LogP contribution in [0.1, 0.15) is 26.7 Å². The molecule has 0 saturated carbocycles. The molecule has 0 unspecified atom stereocenters. The lowest BCUT2D eigenvalue weighted by Gasteiger charge is -2.26. The van der Waals surface area contributed by atoms with Crippen LogP contribution in [0.25, 0.3) is 0 Å². The molecule has 3 N–H and O–H groups in total. The van der Waals surface area contributed by atoms with Crippen LogP contribution in [0.3, 0.4) is 0 Å². The summed E-state index contributed by atoms with van der Waals surface area (Å²) in [5.74, 6) is -0.260. The van der Waals surface area contributed by atoms with E-state index < -0.39 is 17.4 Å². The molecule has 0 bridgehead atoms. The molecule has 1 aromatic carbocycles. The monoisotopic (exact) mass is 294 g/mol. The van der Waals surface area contributed by atoms with Crippen LogP contribution in [0.15, 0.2) is 24.3 Å². The summed E-state index contributed by atoms with van der Waals surface area (Å²) in [5, 5.41) is 14.6. The highest BCUT2D eigenvalue weighted by molar-refractivity contribution is 5.90. The summed E-state index contributed by atoms with van der Waals surface area (Å²) in [4.78, 5) is 23.2. The lowest BCUT2D eigenvalue weighted by molar-refractivity contribution is -0.149. The smallest absolute Gasteiger partial charge is 0.319 e. The van der Waals surface area contributed by atoms with Gasteiger partial charge in [-0.05, 0) is 25.0 Å². The Balaban J connectivity index is 2.63. The van der Waals surface area contributed by atoms with Crippen LogP contribution in [0.4, 0.5) is 10.5 Å². The molecule has 0 heterocycles. The third-order valence-electron chi connectivity index (χ3n) is 3.72. The van der Waals surface area contributed by atoms with E-state index in [2.05, 4.69) is 10.6 Å². The highest BCUT2D eigenvalue weighted by Gasteiger charge is 2.35. The number of methoxy groups -OCH3 is 1. The first-order valence-corrected chi connectivity index (χ1v) is 6.89. The normalized spacial score (nSPS) is 10.8. The Morgan fingerprint density at radius 3 is 2.48 bits per heavy atom. The molecule has 2 amide bonds. The molecule has 0 aliphatic heterocycles. The first-order valence-electron chi connectivity index (χ1n) is 6.89. The molecule has 0 spiro atoms. The molecule has 0 aromatic heterocycles. The Labute approximate surface area is 124 Å². The summed E-state index contributed by atoms with van der Waals surface area (Å²) < 4.78 is 5.07. The van der Waals surface area contributed by atoms with Crippen LogP contribution < -0.4 is 15.4 Å². The number of hydrogen-bond donors (Lipinski definition) is 3. The van der Waals surface area contributed by atoms with Crippen LogP contribution in [0.2, 0.25) is 0 Å². The summed E-state index contributed by atoms with van der Waals surface area (Å²) in [6.45, 7) is 3.70. The third kappa shape index (κ3) is 4.37. The molecule has 0 atom stereocenters. The van der Waals surface area contributed by atoms with Gasteiger partial charge in [0.25, 0.3) is 0 Å². The van der Waals surface area contributed by atoms with Crippen LogP contribution >= 0.6 is 0 Å². The molecule has 0 radical (unpaired) electrons. The Morgan fingerprint density at radius 2 is 1.95 bits per heavy atom. The summed E-state index contributed by atoms with van der Waals surface area (Å²) in [6.07, 6.45) is 0.913. The average molecular weight is 294 g/mol. The maximum atomic E-state index is 11.9. The molecular formula is C15H22N2O4. The zero-order valence-electron chi connectivity index (χ0n) is 12.6.